The summed E-state index contributed by atoms with van der Waals surface area (Å²) >= 11 is 0. The van der Waals surface area contributed by atoms with Crippen molar-refractivity contribution in [1.29, 1.82) is 0 Å². The lowest BCUT2D eigenvalue weighted by Crippen LogP contribution is -2.49. The second kappa shape index (κ2) is 6.22. The Bertz CT molecular complexity index is 422. The molecule has 1 amide bonds. The minimum atomic E-state index is -2.96. The fraction of sp³-hybridized carbons (Fsp3) is 0.923. The predicted molar refractivity (Wildman–Crippen MR) is 74.6 cm³/mol. The molecule has 19 heavy (non-hydrogen) atoms. The van der Waals surface area contributed by atoms with Crippen molar-refractivity contribution in [2.75, 3.05) is 18.1 Å². The fourth-order valence-electron chi connectivity index (χ4n) is 3.02. The molecule has 110 valence electrons. The molecule has 0 bridgehead atoms. The summed E-state index contributed by atoms with van der Waals surface area (Å²) in [5.74, 6) is 0.778. The van der Waals surface area contributed by atoms with E-state index in [0.717, 1.165) is 6.42 Å². The van der Waals surface area contributed by atoms with Crippen LogP contribution in [0.4, 0.5) is 0 Å². The van der Waals surface area contributed by atoms with E-state index in [1.807, 2.05) is 0 Å². The average molecular weight is 288 g/mol. The molecule has 0 spiro atoms. The second-order valence-corrected chi connectivity index (χ2v) is 8.13. The van der Waals surface area contributed by atoms with Gasteiger partial charge in [0.25, 0.3) is 0 Å². The van der Waals surface area contributed by atoms with Crippen molar-refractivity contribution in [2.45, 2.75) is 51.1 Å². The van der Waals surface area contributed by atoms with Gasteiger partial charge in [0.05, 0.1) is 11.5 Å². The number of nitrogens with one attached hydrogen (secondary N) is 2. The Balaban J connectivity index is 1.80. The van der Waals surface area contributed by atoms with E-state index in [0.29, 0.717) is 12.5 Å². The number of rotatable bonds is 3. The molecule has 1 heterocycles. The number of sulfone groups is 1. The van der Waals surface area contributed by atoms with Crippen LogP contribution in [0.1, 0.15) is 39.0 Å². The van der Waals surface area contributed by atoms with Gasteiger partial charge >= 0.3 is 0 Å². The Morgan fingerprint density at radius 3 is 2.74 bits per heavy atom. The Labute approximate surface area is 115 Å². The third-order valence-corrected chi connectivity index (χ3v) is 5.93. The molecule has 1 saturated heterocycles. The Morgan fingerprint density at radius 2 is 2.05 bits per heavy atom. The van der Waals surface area contributed by atoms with Gasteiger partial charge in [0.15, 0.2) is 9.84 Å². The van der Waals surface area contributed by atoms with Gasteiger partial charge in [-0.3, -0.25) is 4.79 Å². The largest absolute Gasteiger partial charge is 0.353 e. The quantitative estimate of drug-likeness (QED) is 0.791. The zero-order chi connectivity index (χ0) is 13.9. The van der Waals surface area contributed by atoms with Crippen LogP contribution in [0, 0.1) is 5.92 Å². The van der Waals surface area contributed by atoms with Crippen molar-refractivity contribution in [3.8, 4) is 0 Å². The van der Waals surface area contributed by atoms with Gasteiger partial charge in [-0.25, -0.2) is 8.42 Å². The molecule has 3 unspecified atom stereocenters. The molecule has 2 aliphatic rings. The van der Waals surface area contributed by atoms with Crippen molar-refractivity contribution in [3.05, 3.63) is 0 Å². The number of hydrogen-bond acceptors (Lipinski definition) is 4. The maximum atomic E-state index is 12.0. The lowest BCUT2D eigenvalue weighted by molar-refractivity contribution is -0.122. The smallest absolute Gasteiger partial charge is 0.221 e. The van der Waals surface area contributed by atoms with Crippen molar-refractivity contribution in [2.24, 2.45) is 5.92 Å². The van der Waals surface area contributed by atoms with Crippen LogP contribution in [0.15, 0.2) is 0 Å². The third kappa shape index (κ3) is 4.45. The zero-order valence-corrected chi connectivity index (χ0v) is 12.3. The second-order valence-electron chi connectivity index (χ2n) is 5.91. The topological polar surface area (TPSA) is 75.3 Å². The summed E-state index contributed by atoms with van der Waals surface area (Å²) in [5, 5.41) is 6.18. The monoisotopic (exact) mass is 288 g/mol. The molecule has 1 aliphatic carbocycles. The van der Waals surface area contributed by atoms with Crippen molar-refractivity contribution in [1.82, 2.24) is 10.6 Å². The molecule has 2 N–H and O–H groups in total. The van der Waals surface area contributed by atoms with Crippen molar-refractivity contribution >= 4 is 15.7 Å². The molecular formula is C13H24N2O3S. The van der Waals surface area contributed by atoms with E-state index in [4.69, 9.17) is 0 Å². The zero-order valence-electron chi connectivity index (χ0n) is 11.5. The van der Waals surface area contributed by atoms with Crippen LogP contribution in [0.25, 0.3) is 0 Å². The average Bonchev–Trinajstić information content (AvgIpc) is 2.30. The SMILES string of the molecule is CC1CCCCC1NC(=O)CC1CS(=O)(=O)CCN1. The first-order valence-electron chi connectivity index (χ1n) is 7.19. The first kappa shape index (κ1) is 14.8. The van der Waals surface area contributed by atoms with Crippen LogP contribution in [-0.2, 0) is 14.6 Å². The molecule has 5 nitrogen and oxygen atoms in total. The molecule has 0 aromatic rings. The normalized spacial score (nSPS) is 34.7. The van der Waals surface area contributed by atoms with Gasteiger partial charge in [-0.1, -0.05) is 19.8 Å². The lowest BCUT2D eigenvalue weighted by Gasteiger charge is -2.30. The number of carbonyl (C=O) groups excluding carboxylic acids is 1. The minimum absolute atomic E-state index is 0.0200. The van der Waals surface area contributed by atoms with E-state index in [1.54, 1.807) is 0 Å². The molecule has 1 saturated carbocycles. The van der Waals surface area contributed by atoms with Crippen molar-refractivity contribution in [3.63, 3.8) is 0 Å². The molecule has 1 aliphatic heterocycles. The van der Waals surface area contributed by atoms with Gasteiger partial charge in [-0.2, -0.15) is 0 Å². The van der Waals surface area contributed by atoms with Gasteiger partial charge < -0.3 is 10.6 Å². The molecular weight excluding hydrogens is 264 g/mol. The first-order valence-corrected chi connectivity index (χ1v) is 9.01. The van der Waals surface area contributed by atoms with E-state index < -0.39 is 9.84 Å². The summed E-state index contributed by atoms with van der Waals surface area (Å²) in [6.07, 6.45) is 4.90. The van der Waals surface area contributed by atoms with Crippen LogP contribution in [0.3, 0.4) is 0 Å². The van der Waals surface area contributed by atoms with Gasteiger partial charge in [0, 0.05) is 25.0 Å². The summed E-state index contributed by atoms with van der Waals surface area (Å²) in [4.78, 5) is 12.0. The van der Waals surface area contributed by atoms with Gasteiger partial charge in [-0.05, 0) is 18.8 Å². The summed E-state index contributed by atoms with van der Waals surface area (Å²) < 4.78 is 23.0. The van der Waals surface area contributed by atoms with Gasteiger partial charge in [0.2, 0.25) is 5.91 Å². The van der Waals surface area contributed by atoms with Crippen LogP contribution >= 0.6 is 0 Å². The first-order chi connectivity index (χ1) is 8.96. The summed E-state index contributed by atoms with van der Waals surface area (Å²) in [5.41, 5.74) is 0. The van der Waals surface area contributed by atoms with E-state index in [1.165, 1.54) is 19.3 Å². The Hall–Kier alpha value is -0.620. The fourth-order valence-corrected chi connectivity index (χ4v) is 4.46. The van der Waals surface area contributed by atoms with Gasteiger partial charge in [0.1, 0.15) is 0 Å². The van der Waals surface area contributed by atoms with E-state index in [-0.39, 0.29) is 35.9 Å². The summed E-state index contributed by atoms with van der Waals surface area (Å²) in [6, 6.07) is 0.0408. The Kier molecular flexibility index (Phi) is 4.84. The number of hydrogen-bond donors (Lipinski definition) is 2. The van der Waals surface area contributed by atoms with E-state index >= 15 is 0 Å². The highest BCUT2D eigenvalue weighted by Gasteiger charge is 2.28. The maximum absolute atomic E-state index is 12.0. The standard InChI is InChI=1S/C13H24N2O3S/c1-10-4-2-3-5-12(10)15-13(16)8-11-9-19(17,18)7-6-14-11/h10-12,14H,2-9H2,1H3,(H,15,16). The van der Waals surface area contributed by atoms with E-state index in [9.17, 15) is 13.2 Å². The van der Waals surface area contributed by atoms with Gasteiger partial charge in [-0.15, -0.1) is 0 Å². The molecule has 0 radical (unpaired) electrons. The molecule has 2 fully saturated rings. The molecule has 2 rings (SSSR count). The minimum Gasteiger partial charge on any atom is -0.353 e. The Morgan fingerprint density at radius 1 is 1.32 bits per heavy atom. The lowest BCUT2D eigenvalue weighted by atomic mass is 9.86. The highest BCUT2D eigenvalue weighted by atomic mass is 32.2. The highest BCUT2D eigenvalue weighted by molar-refractivity contribution is 7.91. The van der Waals surface area contributed by atoms with Crippen LogP contribution in [0.5, 0.6) is 0 Å². The third-order valence-electron chi connectivity index (χ3n) is 4.19. The highest BCUT2D eigenvalue weighted by Crippen LogP contribution is 2.23. The predicted octanol–water partition coefficient (Wildman–Crippen LogP) is 0.458. The number of amides is 1. The van der Waals surface area contributed by atoms with Crippen molar-refractivity contribution < 1.29 is 13.2 Å². The number of carbonyl (C=O) groups is 1. The molecule has 6 heteroatoms. The summed E-state index contributed by atoms with van der Waals surface area (Å²) in [7, 11) is -2.96. The molecule has 0 aromatic heterocycles. The van der Waals surface area contributed by atoms with Crippen LogP contribution in [-0.4, -0.2) is 44.5 Å². The van der Waals surface area contributed by atoms with E-state index in [2.05, 4.69) is 17.6 Å². The maximum Gasteiger partial charge on any atom is 0.221 e. The van der Waals surface area contributed by atoms with Crippen LogP contribution < -0.4 is 10.6 Å². The van der Waals surface area contributed by atoms with Crippen LogP contribution in [0.2, 0.25) is 0 Å². The molecule has 3 atom stereocenters. The molecule has 0 aromatic carbocycles. The summed E-state index contributed by atoms with van der Waals surface area (Å²) in [6.45, 7) is 2.63.